The highest BCUT2D eigenvalue weighted by Gasteiger charge is 1.96. The van der Waals surface area contributed by atoms with Gasteiger partial charge in [-0.05, 0) is 25.2 Å². The van der Waals surface area contributed by atoms with Gasteiger partial charge in [0.05, 0.1) is 6.67 Å². The van der Waals surface area contributed by atoms with Crippen LogP contribution in [0.15, 0.2) is 30.3 Å². The van der Waals surface area contributed by atoms with Gasteiger partial charge < -0.3 is 5.32 Å². The first-order chi connectivity index (χ1) is 6.36. The van der Waals surface area contributed by atoms with Crippen molar-refractivity contribution in [3.63, 3.8) is 0 Å². The molecule has 0 fully saturated rings. The van der Waals surface area contributed by atoms with Gasteiger partial charge in [-0.25, -0.2) is 0 Å². The molecule has 0 saturated heterocycles. The Morgan fingerprint density at radius 1 is 1.08 bits per heavy atom. The number of benzene rings is 1. The summed E-state index contributed by atoms with van der Waals surface area (Å²) >= 11 is 0. The summed E-state index contributed by atoms with van der Waals surface area (Å²) in [5.41, 5.74) is 1.19. The molecule has 0 radical (unpaired) electrons. The second-order valence-corrected chi connectivity index (χ2v) is 3.00. The van der Waals surface area contributed by atoms with Gasteiger partial charge in [0.2, 0.25) is 0 Å². The Kier molecular flexibility index (Phi) is 4.33. The molecule has 0 heterocycles. The molecule has 1 aromatic carbocycles. The van der Waals surface area contributed by atoms with Crippen molar-refractivity contribution in [1.29, 1.82) is 0 Å². The average molecular weight is 178 g/mol. The average Bonchev–Trinajstić information content (AvgIpc) is 2.21. The van der Waals surface area contributed by atoms with Crippen LogP contribution in [0.1, 0.15) is 13.8 Å². The third-order valence-electron chi connectivity index (χ3n) is 2.18. The van der Waals surface area contributed by atoms with E-state index in [1.807, 2.05) is 18.2 Å². The molecule has 1 N–H and O–H groups in total. The summed E-state index contributed by atoms with van der Waals surface area (Å²) in [6, 6.07) is 10.3. The Balaban J connectivity index is 2.34. The van der Waals surface area contributed by atoms with Gasteiger partial charge in [-0.2, -0.15) is 0 Å². The zero-order chi connectivity index (χ0) is 9.52. The topological polar surface area (TPSA) is 15.3 Å². The van der Waals surface area contributed by atoms with Crippen molar-refractivity contribution in [3.8, 4) is 0 Å². The van der Waals surface area contributed by atoms with Gasteiger partial charge >= 0.3 is 0 Å². The molecule has 0 atom stereocenters. The van der Waals surface area contributed by atoms with Crippen molar-refractivity contribution in [2.24, 2.45) is 0 Å². The molecule has 1 aromatic rings. The summed E-state index contributed by atoms with van der Waals surface area (Å²) in [7, 11) is 0. The first-order valence-electron chi connectivity index (χ1n) is 4.88. The van der Waals surface area contributed by atoms with Crippen molar-refractivity contribution >= 4 is 5.69 Å². The predicted molar refractivity (Wildman–Crippen MR) is 57.9 cm³/mol. The van der Waals surface area contributed by atoms with Crippen LogP contribution in [-0.2, 0) is 0 Å². The third kappa shape index (κ3) is 3.47. The second kappa shape index (κ2) is 5.60. The molecule has 1 rings (SSSR count). The van der Waals surface area contributed by atoms with Crippen LogP contribution in [0.2, 0.25) is 0 Å². The lowest BCUT2D eigenvalue weighted by molar-refractivity contribution is 0.326. The molecule has 0 saturated carbocycles. The Hall–Kier alpha value is -1.02. The Morgan fingerprint density at radius 3 is 2.23 bits per heavy atom. The zero-order valence-corrected chi connectivity index (χ0v) is 8.46. The summed E-state index contributed by atoms with van der Waals surface area (Å²) in [6.45, 7) is 7.47. The monoisotopic (exact) mass is 178 g/mol. The van der Waals surface area contributed by atoms with Gasteiger partial charge in [-0.3, -0.25) is 4.90 Å². The molecule has 0 spiro atoms. The van der Waals surface area contributed by atoms with Gasteiger partial charge in [-0.1, -0.05) is 32.0 Å². The lowest BCUT2D eigenvalue weighted by Crippen LogP contribution is -2.28. The minimum atomic E-state index is 0.928. The van der Waals surface area contributed by atoms with E-state index in [0.29, 0.717) is 0 Å². The van der Waals surface area contributed by atoms with Crippen molar-refractivity contribution in [1.82, 2.24) is 4.90 Å². The van der Waals surface area contributed by atoms with Crippen molar-refractivity contribution in [2.45, 2.75) is 13.8 Å². The highest BCUT2D eigenvalue weighted by molar-refractivity contribution is 5.42. The summed E-state index contributed by atoms with van der Waals surface area (Å²) in [5.74, 6) is 0. The van der Waals surface area contributed by atoms with E-state index >= 15 is 0 Å². The molecule has 2 nitrogen and oxygen atoms in total. The molecule has 0 aliphatic heterocycles. The minimum Gasteiger partial charge on any atom is -0.372 e. The number of nitrogens with one attached hydrogen (secondary N) is 1. The zero-order valence-electron chi connectivity index (χ0n) is 8.46. The van der Waals surface area contributed by atoms with Crippen LogP contribution >= 0.6 is 0 Å². The lowest BCUT2D eigenvalue weighted by atomic mass is 10.3. The highest BCUT2D eigenvalue weighted by Crippen LogP contribution is 2.04. The smallest absolute Gasteiger partial charge is 0.0678 e. The van der Waals surface area contributed by atoms with Crippen molar-refractivity contribution in [3.05, 3.63) is 30.3 Å². The standard InChI is InChI=1S/C11H18N2/c1-3-13(4-2)10-12-11-8-6-5-7-9-11/h5-9,12H,3-4,10H2,1-2H3. The van der Waals surface area contributed by atoms with E-state index in [0.717, 1.165) is 19.8 Å². The molecule has 13 heavy (non-hydrogen) atoms. The quantitative estimate of drug-likeness (QED) is 0.696. The number of rotatable bonds is 5. The van der Waals surface area contributed by atoms with E-state index in [9.17, 15) is 0 Å². The first-order valence-corrected chi connectivity index (χ1v) is 4.88. The maximum Gasteiger partial charge on any atom is 0.0678 e. The van der Waals surface area contributed by atoms with Gasteiger partial charge in [0, 0.05) is 5.69 Å². The number of hydrogen-bond acceptors (Lipinski definition) is 2. The van der Waals surface area contributed by atoms with Crippen molar-refractivity contribution < 1.29 is 0 Å². The van der Waals surface area contributed by atoms with Crippen LogP contribution < -0.4 is 5.32 Å². The number of anilines is 1. The maximum absolute atomic E-state index is 3.37. The molecule has 0 bridgehead atoms. The van der Waals surface area contributed by atoms with Gasteiger partial charge in [-0.15, -0.1) is 0 Å². The van der Waals surface area contributed by atoms with Crippen LogP contribution in [0.25, 0.3) is 0 Å². The third-order valence-corrected chi connectivity index (χ3v) is 2.18. The fraction of sp³-hybridized carbons (Fsp3) is 0.455. The molecular weight excluding hydrogens is 160 g/mol. The Morgan fingerprint density at radius 2 is 1.69 bits per heavy atom. The van der Waals surface area contributed by atoms with E-state index < -0.39 is 0 Å². The van der Waals surface area contributed by atoms with Gasteiger partial charge in [0.1, 0.15) is 0 Å². The largest absolute Gasteiger partial charge is 0.372 e. The van der Waals surface area contributed by atoms with Crippen LogP contribution in [0.3, 0.4) is 0 Å². The molecular formula is C11H18N2. The minimum absolute atomic E-state index is 0.928. The fourth-order valence-electron chi connectivity index (χ4n) is 1.21. The SMILES string of the molecule is CCN(CC)CNc1ccccc1. The van der Waals surface area contributed by atoms with Gasteiger partial charge in [0.15, 0.2) is 0 Å². The van der Waals surface area contributed by atoms with E-state index in [2.05, 4.69) is 36.2 Å². The van der Waals surface area contributed by atoms with E-state index in [1.54, 1.807) is 0 Å². The summed E-state index contributed by atoms with van der Waals surface area (Å²) in [6.07, 6.45) is 0. The van der Waals surface area contributed by atoms with E-state index in [-0.39, 0.29) is 0 Å². The molecule has 72 valence electrons. The van der Waals surface area contributed by atoms with Gasteiger partial charge in [0.25, 0.3) is 0 Å². The summed E-state index contributed by atoms with van der Waals surface area (Å²) in [5, 5.41) is 3.37. The molecule has 0 aliphatic rings. The van der Waals surface area contributed by atoms with E-state index in [4.69, 9.17) is 0 Å². The second-order valence-electron chi connectivity index (χ2n) is 3.00. The molecule has 2 heteroatoms. The van der Waals surface area contributed by atoms with Crippen molar-refractivity contribution in [2.75, 3.05) is 25.1 Å². The lowest BCUT2D eigenvalue weighted by Gasteiger charge is -2.19. The van der Waals surface area contributed by atoms with Crippen LogP contribution in [0.4, 0.5) is 5.69 Å². The number of nitrogens with zero attached hydrogens (tertiary/aromatic N) is 1. The number of para-hydroxylation sites is 1. The first kappa shape index (κ1) is 10.1. The van der Waals surface area contributed by atoms with E-state index in [1.165, 1.54) is 5.69 Å². The number of hydrogen-bond donors (Lipinski definition) is 1. The van der Waals surface area contributed by atoms with Crippen LogP contribution in [0, 0.1) is 0 Å². The normalized spacial score (nSPS) is 10.4. The molecule has 0 aliphatic carbocycles. The highest BCUT2D eigenvalue weighted by atomic mass is 15.2. The van der Waals surface area contributed by atoms with Crippen LogP contribution in [-0.4, -0.2) is 24.7 Å². The predicted octanol–water partition coefficient (Wildman–Crippen LogP) is 2.40. The summed E-state index contributed by atoms with van der Waals surface area (Å²) < 4.78 is 0. The molecule has 0 unspecified atom stereocenters. The maximum atomic E-state index is 3.37. The van der Waals surface area contributed by atoms with Crippen LogP contribution in [0.5, 0.6) is 0 Å². The Labute approximate surface area is 80.6 Å². The molecule has 0 aromatic heterocycles. The Bertz CT molecular complexity index is 217. The molecule has 0 amide bonds. The summed E-state index contributed by atoms with van der Waals surface area (Å²) in [4.78, 5) is 2.34. The fourth-order valence-corrected chi connectivity index (χ4v) is 1.21.